The molecule has 32 heavy (non-hydrogen) atoms. The molecule has 150 valence electrons. The summed E-state index contributed by atoms with van der Waals surface area (Å²) in [6.45, 7) is 4.18. The number of fused-ring (bicyclic) bond motifs is 2. The van der Waals surface area contributed by atoms with Crippen LogP contribution in [-0.2, 0) is 0 Å². The molecule has 0 bridgehead atoms. The molecule has 0 radical (unpaired) electrons. The highest BCUT2D eigenvalue weighted by molar-refractivity contribution is 6.02. The smallest absolute Gasteiger partial charge is 0.0327 e. The summed E-state index contributed by atoms with van der Waals surface area (Å²) in [7, 11) is 0. The molecule has 0 spiro atoms. The Kier molecular flexibility index (Phi) is 5.21. The molecule has 0 amide bonds. The average molecular weight is 407 g/mol. The second-order valence-corrected chi connectivity index (χ2v) is 8.14. The number of aryl methyl sites for hydroxylation is 2. The standard InChI is InChI=1S/C32H22/c1-23-9-13-25(14-10-23)17-19-27-5-3-7-29-21-30-8-4-6-28(32(30)22-31(27)29)20-18-26-15-11-24(2)12-16-26/h3-16,21-22H,1-2H3. The van der Waals surface area contributed by atoms with E-state index in [1.54, 1.807) is 0 Å². The van der Waals surface area contributed by atoms with Crippen LogP contribution >= 0.6 is 0 Å². The van der Waals surface area contributed by atoms with Crippen molar-refractivity contribution in [2.75, 3.05) is 0 Å². The SMILES string of the molecule is Cc1ccc(C#Cc2cccc3cc4cccc(C#Cc5ccc(C)cc5)c4cc23)cc1. The van der Waals surface area contributed by atoms with Gasteiger partial charge in [-0.05, 0) is 83.9 Å². The number of hydrogen-bond acceptors (Lipinski definition) is 0. The molecule has 0 saturated heterocycles. The Morgan fingerprint density at radius 2 is 0.875 bits per heavy atom. The van der Waals surface area contributed by atoms with Gasteiger partial charge in [0.15, 0.2) is 0 Å². The quantitative estimate of drug-likeness (QED) is 0.185. The van der Waals surface area contributed by atoms with Crippen molar-refractivity contribution < 1.29 is 0 Å². The number of rotatable bonds is 0. The lowest BCUT2D eigenvalue weighted by atomic mass is 9.97. The van der Waals surface area contributed by atoms with Crippen LogP contribution in [0.25, 0.3) is 21.5 Å². The average Bonchev–Trinajstić information content (AvgIpc) is 2.82. The Balaban J connectivity index is 1.62. The molecule has 0 saturated carbocycles. The van der Waals surface area contributed by atoms with Crippen molar-refractivity contribution in [1.82, 2.24) is 0 Å². The van der Waals surface area contributed by atoms with Crippen LogP contribution in [0.1, 0.15) is 33.4 Å². The molecule has 0 fully saturated rings. The zero-order valence-electron chi connectivity index (χ0n) is 18.2. The molecule has 0 nitrogen and oxygen atoms in total. The topological polar surface area (TPSA) is 0 Å². The molecule has 5 aromatic rings. The minimum Gasteiger partial charge on any atom is -0.0616 e. The molecule has 0 heteroatoms. The van der Waals surface area contributed by atoms with Gasteiger partial charge in [-0.1, -0.05) is 83.3 Å². The van der Waals surface area contributed by atoms with Crippen molar-refractivity contribution in [3.8, 4) is 23.7 Å². The normalized spacial score (nSPS) is 10.3. The van der Waals surface area contributed by atoms with Gasteiger partial charge in [0.05, 0.1) is 0 Å². The van der Waals surface area contributed by atoms with Gasteiger partial charge in [0, 0.05) is 22.3 Å². The highest BCUT2D eigenvalue weighted by Crippen LogP contribution is 2.27. The van der Waals surface area contributed by atoms with Crippen LogP contribution in [0.3, 0.4) is 0 Å². The predicted octanol–water partition coefficient (Wildman–Crippen LogP) is 7.41. The van der Waals surface area contributed by atoms with Crippen LogP contribution in [0.5, 0.6) is 0 Å². The van der Waals surface area contributed by atoms with E-state index in [0.717, 1.165) is 33.0 Å². The summed E-state index contributed by atoms with van der Waals surface area (Å²) in [5.41, 5.74) is 6.60. The second-order valence-electron chi connectivity index (χ2n) is 8.14. The van der Waals surface area contributed by atoms with Gasteiger partial charge in [0.1, 0.15) is 0 Å². The molecule has 0 aliphatic rings. The minimum atomic E-state index is 1.03. The summed E-state index contributed by atoms with van der Waals surface area (Å²) in [5.74, 6) is 13.4. The van der Waals surface area contributed by atoms with Gasteiger partial charge in [-0.3, -0.25) is 0 Å². The van der Waals surface area contributed by atoms with E-state index >= 15 is 0 Å². The van der Waals surface area contributed by atoms with E-state index in [9.17, 15) is 0 Å². The maximum atomic E-state index is 3.38. The Hall–Kier alpha value is -4.26. The summed E-state index contributed by atoms with van der Waals surface area (Å²) in [6, 6.07) is 33.8. The Labute approximate surface area is 189 Å². The molecule has 0 heterocycles. The Bertz CT molecular complexity index is 1440. The first-order chi connectivity index (χ1) is 15.7. The van der Waals surface area contributed by atoms with Crippen molar-refractivity contribution in [3.63, 3.8) is 0 Å². The third kappa shape index (κ3) is 4.13. The third-order valence-electron chi connectivity index (χ3n) is 5.67. The van der Waals surface area contributed by atoms with Gasteiger partial charge in [-0.15, -0.1) is 0 Å². The molecule has 0 aromatic heterocycles. The summed E-state index contributed by atoms with van der Waals surface area (Å²) < 4.78 is 0. The summed E-state index contributed by atoms with van der Waals surface area (Å²) in [6.07, 6.45) is 0. The van der Waals surface area contributed by atoms with Crippen molar-refractivity contribution in [2.45, 2.75) is 13.8 Å². The molecule has 0 unspecified atom stereocenters. The maximum absolute atomic E-state index is 3.38. The van der Waals surface area contributed by atoms with Crippen LogP contribution in [0.15, 0.2) is 97.1 Å². The zero-order chi connectivity index (χ0) is 21.9. The Morgan fingerprint density at radius 3 is 1.31 bits per heavy atom. The van der Waals surface area contributed by atoms with Crippen molar-refractivity contribution in [1.29, 1.82) is 0 Å². The van der Waals surface area contributed by atoms with Crippen molar-refractivity contribution in [3.05, 3.63) is 130 Å². The largest absolute Gasteiger partial charge is 0.0616 e. The highest BCUT2D eigenvalue weighted by atomic mass is 14.1. The first-order valence-corrected chi connectivity index (χ1v) is 10.8. The van der Waals surface area contributed by atoms with Crippen molar-refractivity contribution >= 4 is 21.5 Å². The van der Waals surface area contributed by atoms with E-state index in [0.29, 0.717) is 0 Å². The van der Waals surface area contributed by atoms with Crippen LogP contribution in [-0.4, -0.2) is 0 Å². The highest BCUT2D eigenvalue weighted by Gasteiger charge is 2.05. The van der Waals surface area contributed by atoms with Crippen LogP contribution in [0, 0.1) is 37.5 Å². The van der Waals surface area contributed by atoms with E-state index < -0.39 is 0 Å². The number of benzene rings is 5. The molecule has 0 N–H and O–H groups in total. The van der Waals surface area contributed by atoms with Gasteiger partial charge in [0.2, 0.25) is 0 Å². The van der Waals surface area contributed by atoms with Crippen LogP contribution in [0.2, 0.25) is 0 Å². The summed E-state index contributed by atoms with van der Waals surface area (Å²) >= 11 is 0. The van der Waals surface area contributed by atoms with Gasteiger partial charge in [0.25, 0.3) is 0 Å². The van der Waals surface area contributed by atoms with E-state index in [4.69, 9.17) is 0 Å². The third-order valence-corrected chi connectivity index (χ3v) is 5.67. The van der Waals surface area contributed by atoms with Crippen molar-refractivity contribution in [2.24, 2.45) is 0 Å². The van der Waals surface area contributed by atoms with Gasteiger partial charge < -0.3 is 0 Å². The molecule has 5 rings (SSSR count). The van der Waals surface area contributed by atoms with E-state index in [2.05, 4.69) is 135 Å². The van der Waals surface area contributed by atoms with Gasteiger partial charge in [-0.2, -0.15) is 0 Å². The fourth-order valence-electron chi connectivity index (χ4n) is 3.82. The predicted molar refractivity (Wildman–Crippen MR) is 136 cm³/mol. The minimum absolute atomic E-state index is 1.03. The molecule has 5 aromatic carbocycles. The van der Waals surface area contributed by atoms with Crippen LogP contribution in [0.4, 0.5) is 0 Å². The Morgan fingerprint density at radius 1 is 0.438 bits per heavy atom. The second kappa shape index (κ2) is 8.47. The molecule has 0 aliphatic carbocycles. The lowest BCUT2D eigenvalue weighted by Crippen LogP contribution is -1.85. The van der Waals surface area contributed by atoms with E-state index in [1.807, 2.05) is 0 Å². The van der Waals surface area contributed by atoms with E-state index in [1.165, 1.54) is 21.9 Å². The lowest BCUT2D eigenvalue weighted by molar-refractivity contribution is 1.46. The fraction of sp³-hybridized carbons (Fsp3) is 0.0625. The zero-order valence-corrected chi connectivity index (χ0v) is 18.2. The maximum Gasteiger partial charge on any atom is 0.0327 e. The van der Waals surface area contributed by atoms with E-state index in [-0.39, 0.29) is 0 Å². The molecular formula is C32H22. The summed E-state index contributed by atoms with van der Waals surface area (Å²) in [4.78, 5) is 0. The number of hydrogen-bond donors (Lipinski definition) is 0. The summed E-state index contributed by atoms with van der Waals surface area (Å²) in [5, 5.41) is 4.70. The first kappa shape index (κ1) is 19.7. The molecule has 0 atom stereocenters. The first-order valence-electron chi connectivity index (χ1n) is 10.8. The van der Waals surface area contributed by atoms with Crippen LogP contribution < -0.4 is 0 Å². The lowest BCUT2D eigenvalue weighted by Gasteiger charge is -2.06. The molecule has 0 aliphatic heterocycles. The monoisotopic (exact) mass is 406 g/mol. The van der Waals surface area contributed by atoms with Gasteiger partial charge >= 0.3 is 0 Å². The van der Waals surface area contributed by atoms with Gasteiger partial charge in [-0.25, -0.2) is 0 Å². The molecular weight excluding hydrogens is 384 g/mol. The fourth-order valence-corrected chi connectivity index (χ4v) is 3.82.